The summed E-state index contributed by atoms with van der Waals surface area (Å²) in [7, 11) is 1.53. The van der Waals surface area contributed by atoms with E-state index in [1.165, 1.54) is 18.0 Å². The molecule has 23 heavy (non-hydrogen) atoms. The van der Waals surface area contributed by atoms with E-state index in [0.717, 1.165) is 10.5 Å². The van der Waals surface area contributed by atoms with Gasteiger partial charge in [-0.15, -0.1) is 5.10 Å². The van der Waals surface area contributed by atoms with Crippen LogP contribution in [0.2, 0.25) is 5.02 Å². The molecule has 0 aliphatic carbocycles. The van der Waals surface area contributed by atoms with Crippen LogP contribution in [0.4, 0.5) is 8.78 Å². The van der Waals surface area contributed by atoms with Crippen molar-refractivity contribution in [2.45, 2.75) is 12.5 Å². The molecule has 1 aromatic heterocycles. The van der Waals surface area contributed by atoms with Crippen LogP contribution in [0.25, 0.3) is 0 Å². The zero-order chi connectivity index (χ0) is 16.6. The van der Waals surface area contributed by atoms with Gasteiger partial charge in [-0.05, 0) is 18.2 Å². The van der Waals surface area contributed by atoms with E-state index in [9.17, 15) is 13.6 Å². The van der Waals surface area contributed by atoms with E-state index in [2.05, 4.69) is 10.3 Å². The second-order valence-electron chi connectivity index (χ2n) is 5.27. The highest BCUT2D eigenvalue weighted by atomic mass is 35.5. The molecule has 0 N–H and O–H groups in total. The predicted molar refractivity (Wildman–Crippen MR) is 78.0 cm³/mol. The van der Waals surface area contributed by atoms with E-state index in [1.807, 2.05) is 0 Å². The number of benzene rings is 1. The molecule has 9 heteroatoms. The minimum atomic E-state index is -2.81. The maximum absolute atomic E-state index is 12.8. The maximum atomic E-state index is 12.8. The third-order valence-electron chi connectivity index (χ3n) is 3.46. The van der Waals surface area contributed by atoms with Crippen molar-refractivity contribution in [2.24, 2.45) is 0 Å². The van der Waals surface area contributed by atoms with Crippen LogP contribution < -0.4 is 4.74 Å². The van der Waals surface area contributed by atoms with Crippen molar-refractivity contribution in [3.05, 3.63) is 40.7 Å². The number of hydrogen-bond acceptors (Lipinski definition) is 4. The van der Waals surface area contributed by atoms with Crippen molar-refractivity contribution < 1.29 is 18.3 Å². The molecule has 3 rings (SSSR count). The molecular formula is C14H13ClF2N4O2. The highest BCUT2D eigenvalue weighted by Crippen LogP contribution is 2.28. The van der Waals surface area contributed by atoms with Gasteiger partial charge in [-0.25, -0.2) is 13.5 Å². The van der Waals surface area contributed by atoms with E-state index in [1.54, 1.807) is 18.2 Å². The standard InChI is InChI=1S/C14H13ClF2N4O2/c1-23-12-3-2-10(15)4-9(12)5-21-6-11(18-19-21)13(22)20-7-14(16,17)8-20/h2-4,6H,5,7-8H2,1H3. The van der Waals surface area contributed by atoms with E-state index in [4.69, 9.17) is 16.3 Å². The molecule has 122 valence electrons. The van der Waals surface area contributed by atoms with Gasteiger partial charge in [0.2, 0.25) is 0 Å². The molecule has 0 atom stereocenters. The van der Waals surface area contributed by atoms with Crippen LogP contribution in [0, 0.1) is 0 Å². The van der Waals surface area contributed by atoms with Crippen molar-refractivity contribution in [1.29, 1.82) is 0 Å². The van der Waals surface area contributed by atoms with Gasteiger partial charge in [0, 0.05) is 10.6 Å². The summed E-state index contributed by atoms with van der Waals surface area (Å²) in [5, 5.41) is 8.13. The first-order valence-corrected chi connectivity index (χ1v) is 7.15. The SMILES string of the molecule is COc1ccc(Cl)cc1Cn1cc(C(=O)N2CC(F)(F)C2)nn1. The lowest BCUT2D eigenvalue weighted by atomic mass is 10.1. The number of hydrogen-bond donors (Lipinski definition) is 0. The van der Waals surface area contributed by atoms with E-state index in [0.29, 0.717) is 17.3 Å². The number of nitrogens with zero attached hydrogens (tertiary/aromatic N) is 4. The van der Waals surface area contributed by atoms with Crippen LogP contribution in [0.3, 0.4) is 0 Å². The highest BCUT2D eigenvalue weighted by Gasteiger charge is 2.46. The third-order valence-corrected chi connectivity index (χ3v) is 3.70. The number of carbonyl (C=O) groups is 1. The molecule has 1 saturated heterocycles. The number of rotatable bonds is 4. The van der Waals surface area contributed by atoms with Crippen molar-refractivity contribution in [3.8, 4) is 5.75 Å². The van der Waals surface area contributed by atoms with Crippen LogP contribution in [0.15, 0.2) is 24.4 Å². The van der Waals surface area contributed by atoms with E-state index < -0.39 is 24.9 Å². The maximum Gasteiger partial charge on any atom is 0.282 e. The number of halogens is 3. The van der Waals surface area contributed by atoms with Gasteiger partial charge in [0.1, 0.15) is 5.75 Å². The fourth-order valence-electron chi connectivity index (χ4n) is 2.34. The van der Waals surface area contributed by atoms with Crippen LogP contribution in [-0.2, 0) is 6.54 Å². The molecule has 0 saturated carbocycles. The number of aromatic nitrogens is 3. The van der Waals surface area contributed by atoms with Gasteiger partial charge in [-0.3, -0.25) is 4.79 Å². The summed E-state index contributed by atoms with van der Waals surface area (Å²) in [6.45, 7) is -0.873. The highest BCUT2D eigenvalue weighted by molar-refractivity contribution is 6.30. The molecule has 1 aromatic carbocycles. The first-order valence-electron chi connectivity index (χ1n) is 6.77. The number of amides is 1. The largest absolute Gasteiger partial charge is 0.496 e. The zero-order valence-corrected chi connectivity index (χ0v) is 12.9. The van der Waals surface area contributed by atoms with Gasteiger partial charge in [0.25, 0.3) is 11.8 Å². The zero-order valence-electron chi connectivity index (χ0n) is 12.2. The third kappa shape index (κ3) is 3.26. The van der Waals surface area contributed by atoms with Crippen molar-refractivity contribution >= 4 is 17.5 Å². The van der Waals surface area contributed by atoms with Crippen LogP contribution in [0.5, 0.6) is 5.75 Å². The molecule has 2 aromatic rings. The molecule has 1 aliphatic rings. The lowest BCUT2D eigenvalue weighted by Gasteiger charge is -2.38. The quantitative estimate of drug-likeness (QED) is 0.853. The summed E-state index contributed by atoms with van der Waals surface area (Å²) in [6, 6.07) is 5.15. The van der Waals surface area contributed by atoms with E-state index >= 15 is 0 Å². The predicted octanol–water partition coefficient (Wildman–Crippen LogP) is 2.08. The van der Waals surface area contributed by atoms with E-state index in [-0.39, 0.29) is 5.69 Å². The summed E-state index contributed by atoms with van der Waals surface area (Å²) < 4.78 is 32.3. The van der Waals surface area contributed by atoms with Crippen molar-refractivity contribution in [3.63, 3.8) is 0 Å². The monoisotopic (exact) mass is 342 g/mol. The molecular weight excluding hydrogens is 330 g/mol. The van der Waals surface area contributed by atoms with Gasteiger partial charge in [0.05, 0.1) is 32.9 Å². The van der Waals surface area contributed by atoms with Gasteiger partial charge in [-0.1, -0.05) is 16.8 Å². The Hall–Kier alpha value is -2.22. The molecule has 1 aliphatic heterocycles. The Balaban J connectivity index is 1.73. The fourth-order valence-corrected chi connectivity index (χ4v) is 2.53. The lowest BCUT2D eigenvalue weighted by molar-refractivity contribution is -0.113. The Morgan fingerprint density at radius 3 is 2.83 bits per heavy atom. The van der Waals surface area contributed by atoms with Gasteiger partial charge < -0.3 is 9.64 Å². The second kappa shape index (κ2) is 5.77. The average Bonchev–Trinajstić information content (AvgIpc) is 2.93. The first-order chi connectivity index (χ1) is 10.9. The average molecular weight is 343 g/mol. The Morgan fingerprint density at radius 1 is 1.43 bits per heavy atom. The number of methoxy groups -OCH3 is 1. The molecule has 0 radical (unpaired) electrons. The lowest BCUT2D eigenvalue weighted by Crippen LogP contribution is -2.58. The van der Waals surface area contributed by atoms with Crippen molar-refractivity contribution in [2.75, 3.05) is 20.2 Å². The first kappa shape index (κ1) is 15.7. The van der Waals surface area contributed by atoms with Crippen LogP contribution in [0.1, 0.15) is 16.1 Å². The summed E-state index contributed by atoms with van der Waals surface area (Å²) in [5.74, 6) is -2.74. The fraction of sp³-hybridized carbons (Fsp3) is 0.357. The number of ether oxygens (including phenoxy) is 1. The Kier molecular flexibility index (Phi) is 3.93. The molecule has 0 bridgehead atoms. The smallest absolute Gasteiger partial charge is 0.282 e. The van der Waals surface area contributed by atoms with Crippen LogP contribution in [-0.4, -0.2) is 51.9 Å². The summed E-state index contributed by atoms with van der Waals surface area (Å²) in [4.78, 5) is 13.0. The molecule has 0 spiro atoms. The topological polar surface area (TPSA) is 60.2 Å². The Morgan fingerprint density at radius 2 is 2.17 bits per heavy atom. The molecule has 1 fully saturated rings. The Bertz CT molecular complexity index is 742. The number of likely N-dealkylation sites (tertiary alicyclic amines) is 1. The number of carbonyl (C=O) groups excluding carboxylic acids is 1. The second-order valence-corrected chi connectivity index (χ2v) is 5.71. The summed E-state index contributed by atoms with van der Waals surface area (Å²) in [6.07, 6.45) is 1.42. The summed E-state index contributed by atoms with van der Waals surface area (Å²) in [5.41, 5.74) is 0.792. The minimum absolute atomic E-state index is 0.0292. The molecule has 0 unspecified atom stereocenters. The summed E-state index contributed by atoms with van der Waals surface area (Å²) >= 11 is 5.96. The molecule has 2 heterocycles. The van der Waals surface area contributed by atoms with Crippen LogP contribution >= 0.6 is 11.6 Å². The minimum Gasteiger partial charge on any atom is -0.496 e. The van der Waals surface area contributed by atoms with Gasteiger partial charge in [-0.2, -0.15) is 0 Å². The van der Waals surface area contributed by atoms with Crippen molar-refractivity contribution in [1.82, 2.24) is 19.9 Å². The van der Waals surface area contributed by atoms with Gasteiger partial charge in [0.15, 0.2) is 5.69 Å². The Labute approximate surface area is 135 Å². The normalized spacial score (nSPS) is 16.1. The molecule has 1 amide bonds. The molecule has 6 nitrogen and oxygen atoms in total. The van der Waals surface area contributed by atoms with Gasteiger partial charge >= 0.3 is 0 Å². The number of alkyl halides is 2.